The molecule has 39 heavy (non-hydrogen) atoms. The smallest absolute Gasteiger partial charge is 0.407 e. The summed E-state index contributed by atoms with van der Waals surface area (Å²) in [6.07, 6.45) is 1.13. The fourth-order valence-corrected chi connectivity index (χ4v) is 4.85. The van der Waals surface area contributed by atoms with Gasteiger partial charge in [0.05, 0.1) is 36.1 Å². The Balaban J connectivity index is 1.63. The molecule has 0 aliphatic heterocycles. The molecule has 0 aliphatic carbocycles. The molecule has 5 rings (SSSR count). The number of carbonyl (C=O) groups excluding carboxylic acids is 1. The van der Waals surface area contributed by atoms with E-state index in [2.05, 4.69) is 25.5 Å². The molecule has 0 spiro atoms. The van der Waals surface area contributed by atoms with E-state index in [1.54, 1.807) is 50.8 Å². The molecule has 3 aromatic carbocycles. The van der Waals surface area contributed by atoms with E-state index in [-0.39, 0.29) is 12.1 Å². The fourth-order valence-electron chi connectivity index (χ4n) is 4.58. The van der Waals surface area contributed by atoms with Crippen molar-refractivity contribution in [1.82, 2.24) is 25.3 Å². The van der Waals surface area contributed by atoms with Crippen molar-refractivity contribution in [2.24, 2.45) is 7.05 Å². The number of hydrogen-bond acceptors (Lipinski definition) is 5. The van der Waals surface area contributed by atoms with Crippen molar-refractivity contribution in [3.63, 3.8) is 0 Å². The van der Waals surface area contributed by atoms with Gasteiger partial charge in [-0.1, -0.05) is 41.9 Å². The SMILES string of the molecule is [C-]#[N+]c1c(-c2c(-c3ccc4c(=O)[nH]nc(CNC(=O)OC(C)(C)C)c4c3)cnn2C)cc(Cl)c2ccccc12. The number of fused-ring (bicyclic) bond motifs is 2. The summed E-state index contributed by atoms with van der Waals surface area (Å²) in [5, 5.41) is 16.9. The second-order valence-corrected chi connectivity index (χ2v) is 10.5. The van der Waals surface area contributed by atoms with E-state index in [1.165, 1.54) is 0 Å². The Kier molecular flexibility index (Phi) is 6.58. The molecule has 1 amide bonds. The molecule has 0 atom stereocenters. The lowest BCUT2D eigenvalue weighted by Gasteiger charge is -2.19. The number of carbonyl (C=O) groups is 1. The summed E-state index contributed by atoms with van der Waals surface area (Å²) >= 11 is 6.65. The number of rotatable bonds is 4. The number of nitrogens with one attached hydrogen (secondary N) is 2. The van der Waals surface area contributed by atoms with Gasteiger partial charge in [0.1, 0.15) is 5.60 Å². The molecular formula is C29H25ClN6O3. The average molecular weight is 541 g/mol. The topological polar surface area (TPSA) is 106 Å². The lowest BCUT2D eigenvalue weighted by Crippen LogP contribution is -2.32. The largest absolute Gasteiger partial charge is 0.444 e. The number of aryl methyl sites for hydroxylation is 1. The zero-order valence-electron chi connectivity index (χ0n) is 21.8. The summed E-state index contributed by atoms with van der Waals surface area (Å²) in [4.78, 5) is 28.6. The first-order chi connectivity index (χ1) is 18.6. The lowest BCUT2D eigenvalue weighted by atomic mass is 9.95. The Morgan fingerprint density at radius 2 is 1.85 bits per heavy atom. The predicted molar refractivity (Wildman–Crippen MR) is 152 cm³/mol. The molecule has 0 saturated heterocycles. The Hall–Kier alpha value is -4.68. The number of hydrogen-bond donors (Lipinski definition) is 2. The normalized spacial score (nSPS) is 11.5. The van der Waals surface area contributed by atoms with Gasteiger partial charge in [0.2, 0.25) is 5.69 Å². The highest BCUT2D eigenvalue weighted by atomic mass is 35.5. The first kappa shape index (κ1) is 25.9. The van der Waals surface area contributed by atoms with Crippen LogP contribution in [-0.2, 0) is 18.3 Å². The Bertz CT molecular complexity index is 1860. The number of aromatic nitrogens is 4. The molecule has 0 bridgehead atoms. The van der Waals surface area contributed by atoms with Crippen LogP contribution >= 0.6 is 11.6 Å². The van der Waals surface area contributed by atoms with Crippen LogP contribution in [0.5, 0.6) is 0 Å². The van der Waals surface area contributed by atoms with E-state index in [4.69, 9.17) is 22.9 Å². The lowest BCUT2D eigenvalue weighted by molar-refractivity contribution is 0.0523. The van der Waals surface area contributed by atoms with Crippen molar-refractivity contribution in [1.29, 1.82) is 0 Å². The summed E-state index contributed by atoms with van der Waals surface area (Å²) in [6.45, 7) is 13.3. The predicted octanol–water partition coefficient (Wildman–Crippen LogP) is 6.37. The van der Waals surface area contributed by atoms with Gasteiger partial charge in [-0.25, -0.2) is 14.7 Å². The molecule has 0 saturated carbocycles. The molecular weight excluding hydrogens is 516 g/mol. The molecule has 9 nitrogen and oxygen atoms in total. The maximum absolute atomic E-state index is 12.5. The van der Waals surface area contributed by atoms with Crippen molar-refractivity contribution in [2.45, 2.75) is 32.9 Å². The van der Waals surface area contributed by atoms with Gasteiger partial charge < -0.3 is 10.1 Å². The number of aromatic amines is 1. The molecule has 0 fully saturated rings. The van der Waals surface area contributed by atoms with E-state index < -0.39 is 11.7 Å². The summed E-state index contributed by atoms with van der Waals surface area (Å²) < 4.78 is 7.03. The van der Waals surface area contributed by atoms with E-state index in [0.29, 0.717) is 38.4 Å². The van der Waals surface area contributed by atoms with Gasteiger partial charge in [0.15, 0.2) is 0 Å². The first-order valence-corrected chi connectivity index (χ1v) is 12.5. The Morgan fingerprint density at radius 3 is 2.56 bits per heavy atom. The van der Waals surface area contributed by atoms with Crippen LogP contribution in [0, 0.1) is 6.57 Å². The third-order valence-electron chi connectivity index (χ3n) is 6.25. The van der Waals surface area contributed by atoms with Gasteiger partial charge in [-0.05, 0) is 55.3 Å². The molecule has 0 unspecified atom stereocenters. The minimum atomic E-state index is -0.649. The van der Waals surface area contributed by atoms with Crippen LogP contribution < -0.4 is 10.9 Å². The van der Waals surface area contributed by atoms with E-state index >= 15 is 0 Å². The van der Waals surface area contributed by atoms with Gasteiger partial charge in [-0.2, -0.15) is 10.2 Å². The molecule has 196 valence electrons. The molecule has 0 radical (unpaired) electrons. The van der Waals surface area contributed by atoms with Crippen molar-refractivity contribution >= 4 is 44.9 Å². The van der Waals surface area contributed by atoms with Gasteiger partial charge >= 0.3 is 6.09 Å². The van der Waals surface area contributed by atoms with Crippen molar-refractivity contribution in [3.05, 3.63) is 87.2 Å². The van der Waals surface area contributed by atoms with Gasteiger partial charge in [-0.15, -0.1) is 0 Å². The minimum absolute atomic E-state index is 0.0493. The number of H-pyrrole nitrogens is 1. The van der Waals surface area contributed by atoms with Crippen LogP contribution in [0.2, 0.25) is 5.02 Å². The zero-order valence-corrected chi connectivity index (χ0v) is 22.6. The fraction of sp³-hybridized carbons (Fsp3) is 0.207. The number of alkyl carbamates (subject to hydrolysis) is 1. The van der Waals surface area contributed by atoms with E-state index in [1.807, 2.05) is 36.4 Å². The van der Waals surface area contributed by atoms with Crippen LogP contribution in [0.3, 0.4) is 0 Å². The van der Waals surface area contributed by atoms with Crippen molar-refractivity contribution < 1.29 is 9.53 Å². The van der Waals surface area contributed by atoms with Gasteiger partial charge in [0, 0.05) is 28.6 Å². The third kappa shape index (κ3) is 4.94. The van der Waals surface area contributed by atoms with E-state index in [0.717, 1.165) is 21.9 Å². The summed E-state index contributed by atoms with van der Waals surface area (Å²) in [7, 11) is 1.80. The second kappa shape index (κ2) is 9.89. The summed E-state index contributed by atoms with van der Waals surface area (Å²) in [5.41, 5.74) is 2.82. The number of ether oxygens (including phenoxy) is 1. The molecule has 5 aromatic rings. The van der Waals surface area contributed by atoms with Crippen LogP contribution in [0.15, 0.2) is 59.5 Å². The average Bonchev–Trinajstić information content (AvgIpc) is 3.28. The summed E-state index contributed by atoms with van der Waals surface area (Å²) in [6, 6.07) is 14.7. The zero-order chi connectivity index (χ0) is 27.9. The van der Waals surface area contributed by atoms with Crippen molar-refractivity contribution in [2.75, 3.05) is 0 Å². The highest BCUT2D eigenvalue weighted by Gasteiger charge is 2.21. The highest BCUT2D eigenvalue weighted by Crippen LogP contribution is 2.44. The maximum Gasteiger partial charge on any atom is 0.407 e. The Morgan fingerprint density at radius 1 is 1.10 bits per heavy atom. The maximum atomic E-state index is 12.5. The number of halogens is 1. The molecule has 2 heterocycles. The number of nitrogens with zero attached hydrogens (tertiary/aromatic N) is 4. The standard InChI is InChI=1S/C29H25ClN6O3/c1-29(2,3)39-28(38)32-15-24-20-12-16(10-11-19(20)27(37)35-34-24)22-14-33-36(5)26(22)21-13-23(30)17-8-6-7-9-18(17)25(21)31-4/h6-14H,15H2,1-3,5H3,(H,32,38)(H,35,37). The Labute approximate surface area is 229 Å². The van der Waals surface area contributed by atoms with Crippen LogP contribution in [0.25, 0.3) is 48.8 Å². The highest BCUT2D eigenvalue weighted by molar-refractivity contribution is 6.36. The molecule has 2 aromatic heterocycles. The first-order valence-electron chi connectivity index (χ1n) is 12.2. The molecule has 10 heteroatoms. The van der Waals surface area contributed by atoms with Crippen LogP contribution in [0.4, 0.5) is 10.5 Å². The number of amides is 1. The molecule has 2 N–H and O–H groups in total. The minimum Gasteiger partial charge on any atom is -0.444 e. The second-order valence-electron chi connectivity index (χ2n) is 10.1. The number of benzene rings is 3. The quantitative estimate of drug-likeness (QED) is 0.257. The van der Waals surface area contributed by atoms with Gasteiger partial charge in [0.25, 0.3) is 5.56 Å². The third-order valence-corrected chi connectivity index (χ3v) is 6.56. The van der Waals surface area contributed by atoms with Crippen LogP contribution in [-0.4, -0.2) is 31.7 Å². The molecule has 0 aliphatic rings. The van der Waals surface area contributed by atoms with Gasteiger partial charge in [-0.3, -0.25) is 9.48 Å². The van der Waals surface area contributed by atoms with Crippen LogP contribution in [0.1, 0.15) is 26.5 Å². The monoisotopic (exact) mass is 540 g/mol. The van der Waals surface area contributed by atoms with Crippen molar-refractivity contribution in [3.8, 4) is 22.4 Å². The summed E-state index contributed by atoms with van der Waals surface area (Å²) in [5.74, 6) is 0. The van der Waals surface area contributed by atoms with E-state index in [9.17, 15) is 9.59 Å².